The number of rotatable bonds is 3. The molecule has 0 aromatic heterocycles. The summed E-state index contributed by atoms with van der Waals surface area (Å²) >= 11 is 0. The number of nitrogens with zero attached hydrogens (tertiary/aromatic N) is 1. The third kappa shape index (κ3) is 3.98. The first-order valence-electron chi connectivity index (χ1n) is 6.48. The number of nitrogens with one attached hydrogen (secondary N) is 1. The summed E-state index contributed by atoms with van der Waals surface area (Å²) in [7, 11) is 0. The molecule has 0 radical (unpaired) electrons. The number of hydrogen-bond acceptors (Lipinski definition) is 2. The van der Waals surface area contributed by atoms with Gasteiger partial charge in [-0.3, -0.25) is 4.79 Å². The molecule has 5 heteroatoms. The van der Waals surface area contributed by atoms with Crippen LogP contribution in [0.2, 0.25) is 0 Å². The highest BCUT2D eigenvalue weighted by molar-refractivity contribution is 5.90. The maximum absolute atomic E-state index is 11.9. The zero-order valence-electron chi connectivity index (χ0n) is 10.7. The van der Waals surface area contributed by atoms with Crippen molar-refractivity contribution in [1.82, 2.24) is 4.90 Å². The van der Waals surface area contributed by atoms with E-state index < -0.39 is 6.09 Å². The van der Waals surface area contributed by atoms with Gasteiger partial charge in [0.1, 0.15) is 0 Å². The molecule has 1 aromatic rings. The fourth-order valence-corrected chi connectivity index (χ4v) is 2.32. The van der Waals surface area contributed by atoms with E-state index in [0.29, 0.717) is 19.5 Å². The molecule has 1 aromatic carbocycles. The van der Waals surface area contributed by atoms with Gasteiger partial charge < -0.3 is 15.3 Å². The highest BCUT2D eigenvalue weighted by Crippen LogP contribution is 2.21. The topological polar surface area (TPSA) is 69.6 Å². The Morgan fingerprint density at radius 1 is 1.21 bits per heavy atom. The van der Waals surface area contributed by atoms with Gasteiger partial charge in [-0.25, -0.2) is 4.79 Å². The molecule has 19 heavy (non-hydrogen) atoms. The highest BCUT2D eigenvalue weighted by Gasteiger charge is 2.23. The average molecular weight is 262 g/mol. The van der Waals surface area contributed by atoms with E-state index in [1.165, 1.54) is 4.90 Å². The molecule has 0 saturated carbocycles. The number of carbonyl (C=O) groups is 2. The van der Waals surface area contributed by atoms with Gasteiger partial charge in [0.25, 0.3) is 0 Å². The van der Waals surface area contributed by atoms with Crippen molar-refractivity contribution in [3.8, 4) is 0 Å². The molecule has 2 N–H and O–H groups in total. The quantitative estimate of drug-likeness (QED) is 0.878. The maximum Gasteiger partial charge on any atom is 0.407 e. The molecule has 2 rings (SSSR count). The average Bonchev–Trinajstić information content (AvgIpc) is 2.40. The number of amides is 2. The largest absolute Gasteiger partial charge is 0.465 e. The fraction of sp³-hybridized carbons (Fsp3) is 0.429. The molecule has 1 aliphatic heterocycles. The Kier molecular flexibility index (Phi) is 4.39. The minimum atomic E-state index is -0.868. The van der Waals surface area contributed by atoms with Crippen molar-refractivity contribution in [1.29, 1.82) is 0 Å². The van der Waals surface area contributed by atoms with Crippen LogP contribution in [0.4, 0.5) is 10.5 Å². The first-order chi connectivity index (χ1) is 9.15. The van der Waals surface area contributed by atoms with Crippen LogP contribution < -0.4 is 5.32 Å². The second-order valence-corrected chi connectivity index (χ2v) is 4.83. The molecule has 1 fully saturated rings. The van der Waals surface area contributed by atoms with E-state index >= 15 is 0 Å². The number of para-hydroxylation sites is 1. The zero-order chi connectivity index (χ0) is 13.7. The van der Waals surface area contributed by atoms with Crippen LogP contribution in [0.25, 0.3) is 0 Å². The molecule has 1 heterocycles. The minimum absolute atomic E-state index is 0.0000231. The van der Waals surface area contributed by atoms with Gasteiger partial charge in [-0.05, 0) is 30.9 Å². The van der Waals surface area contributed by atoms with E-state index in [4.69, 9.17) is 5.11 Å². The number of likely N-dealkylation sites (tertiary alicyclic amines) is 1. The normalized spacial score (nSPS) is 16.1. The molecule has 1 saturated heterocycles. The van der Waals surface area contributed by atoms with Crippen molar-refractivity contribution >= 4 is 17.7 Å². The van der Waals surface area contributed by atoms with Crippen LogP contribution in [0, 0.1) is 5.92 Å². The van der Waals surface area contributed by atoms with Gasteiger partial charge in [0, 0.05) is 25.2 Å². The van der Waals surface area contributed by atoms with Gasteiger partial charge in [0.05, 0.1) is 0 Å². The lowest BCUT2D eigenvalue weighted by molar-refractivity contribution is -0.117. The lowest BCUT2D eigenvalue weighted by Gasteiger charge is -2.29. The van der Waals surface area contributed by atoms with E-state index in [0.717, 1.165) is 18.5 Å². The summed E-state index contributed by atoms with van der Waals surface area (Å²) in [5, 5.41) is 11.7. The molecule has 0 bridgehead atoms. The van der Waals surface area contributed by atoms with Crippen LogP contribution in [-0.4, -0.2) is 35.1 Å². The SMILES string of the molecule is O=C(CC1CCN(C(=O)O)CC1)Nc1ccccc1. The molecule has 1 aliphatic rings. The zero-order valence-corrected chi connectivity index (χ0v) is 10.7. The number of carboxylic acid groups (broad SMARTS) is 1. The Hall–Kier alpha value is -2.04. The lowest BCUT2D eigenvalue weighted by atomic mass is 9.93. The number of carbonyl (C=O) groups excluding carboxylic acids is 1. The van der Waals surface area contributed by atoms with Crippen LogP contribution in [0.5, 0.6) is 0 Å². The van der Waals surface area contributed by atoms with Crippen LogP contribution >= 0.6 is 0 Å². The van der Waals surface area contributed by atoms with Gasteiger partial charge in [-0.1, -0.05) is 18.2 Å². The van der Waals surface area contributed by atoms with E-state index in [1.54, 1.807) is 0 Å². The lowest BCUT2D eigenvalue weighted by Crippen LogP contribution is -2.38. The number of benzene rings is 1. The molecule has 0 unspecified atom stereocenters. The van der Waals surface area contributed by atoms with Gasteiger partial charge >= 0.3 is 6.09 Å². The molecule has 102 valence electrons. The summed E-state index contributed by atoms with van der Waals surface area (Å²) in [6.45, 7) is 1.05. The van der Waals surface area contributed by atoms with E-state index in [-0.39, 0.29) is 11.8 Å². The van der Waals surface area contributed by atoms with Gasteiger partial charge in [0.2, 0.25) is 5.91 Å². The molecular formula is C14H18N2O3. The smallest absolute Gasteiger partial charge is 0.407 e. The fourth-order valence-electron chi connectivity index (χ4n) is 2.32. The van der Waals surface area contributed by atoms with Crippen molar-refractivity contribution in [3.05, 3.63) is 30.3 Å². The summed E-state index contributed by atoms with van der Waals surface area (Å²) in [6.07, 6.45) is 1.11. The van der Waals surface area contributed by atoms with Gasteiger partial charge in [0.15, 0.2) is 0 Å². The number of anilines is 1. The predicted molar refractivity (Wildman–Crippen MR) is 72.0 cm³/mol. The van der Waals surface area contributed by atoms with Crippen molar-refractivity contribution < 1.29 is 14.7 Å². The van der Waals surface area contributed by atoms with Crippen molar-refractivity contribution in [2.45, 2.75) is 19.3 Å². The molecule has 5 nitrogen and oxygen atoms in total. The van der Waals surface area contributed by atoms with Gasteiger partial charge in [-0.15, -0.1) is 0 Å². The van der Waals surface area contributed by atoms with Crippen LogP contribution in [0.15, 0.2) is 30.3 Å². The summed E-state index contributed by atoms with van der Waals surface area (Å²) in [6, 6.07) is 9.36. The maximum atomic E-state index is 11.9. The van der Waals surface area contributed by atoms with Crippen molar-refractivity contribution in [2.75, 3.05) is 18.4 Å². The summed E-state index contributed by atoms with van der Waals surface area (Å²) in [5.74, 6) is 0.277. The summed E-state index contributed by atoms with van der Waals surface area (Å²) < 4.78 is 0. The first kappa shape index (κ1) is 13.4. The summed E-state index contributed by atoms with van der Waals surface area (Å²) in [5.41, 5.74) is 0.801. The van der Waals surface area contributed by atoms with Crippen LogP contribution in [0.3, 0.4) is 0 Å². The van der Waals surface area contributed by atoms with Crippen LogP contribution in [-0.2, 0) is 4.79 Å². The highest BCUT2D eigenvalue weighted by atomic mass is 16.4. The Morgan fingerprint density at radius 2 is 1.84 bits per heavy atom. The predicted octanol–water partition coefficient (Wildman–Crippen LogP) is 2.41. The van der Waals surface area contributed by atoms with E-state index in [9.17, 15) is 9.59 Å². The third-order valence-electron chi connectivity index (χ3n) is 3.42. The molecule has 0 atom stereocenters. The second kappa shape index (κ2) is 6.22. The Morgan fingerprint density at radius 3 is 2.42 bits per heavy atom. The number of piperidine rings is 1. The number of hydrogen-bond donors (Lipinski definition) is 2. The Labute approximate surface area is 112 Å². The standard InChI is InChI=1S/C14H18N2O3/c17-13(15-12-4-2-1-3-5-12)10-11-6-8-16(9-7-11)14(18)19/h1-5,11H,6-10H2,(H,15,17)(H,18,19). The van der Waals surface area contributed by atoms with E-state index in [2.05, 4.69) is 5.32 Å². The molecular weight excluding hydrogens is 244 g/mol. The summed E-state index contributed by atoms with van der Waals surface area (Å²) in [4.78, 5) is 24.0. The molecule has 2 amide bonds. The van der Waals surface area contributed by atoms with Crippen molar-refractivity contribution in [3.63, 3.8) is 0 Å². The monoisotopic (exact) mass is 262 g/mol. The van der Waals surface area contributed by atoms with Crippen LogP contribution in [0.1, 0.15) is 19.3 Å². The Bertz CT molecular complexity index is 439. The first-order valence-corrected chi connectivity index (χ1v) is 6.48. The van der Waals surface area contributed by atoms with E-state index in [1.807, 2.05) is 30.3 Å². The van der Waals surface area contributed by atoms with Crippen molar-refractivity contribution in [2.24, 2.45) is 5.92 Å². The molecule has 0 spiro atoms. The minimum Gasteiger partial charge on any atom is -0.465 e. The second-order valence-electron chi connectivity index (χ2n) is 4.83. The third-order valence-corrected chi connectivity index (χ3v) is 3.42. The molecule has 0 aliphatic carbocycles. The Balaban J connectivity index is 1.76. The van der Waals surface area contributed by atoms with Gasteiger partial charge in [-0.2, -0.15) is 0 Å².